The summed E-state index contributed by atoms with van der Waals surface area (Å²) in [5.41, 5.74) is 1.78. The van der Waals surface area contributed by atoms with Crippen LogP contribution in [0, 0.1) is 0 Å². The summed E-state index contributed by atoms with van der Waals surface area (Å²) in [6.45, 7) is 3.17. The fourth-order valence-corrected chi connectivity index (χ4v) is 4.37. The zero-order valence-corrected chi connectivity index (χ0v) is 19.2. The predicted molar refractivity (Wildman–Crippen MR) is 127 cm³/mol. The Kier molecular flexibility index (Phi) is 6.87. The van der Waals surface area contributed by atoms with Crippen LogP contribution in [0.3, 0.4) is 0 Å². The van der Waals surface area contributed by atoms with Crippen molar-refractivity contribution in [1.82, 2.24) is 10.2 Å². The molecular weight excluding hydrogens is 447 g/mol. The van der Waals surface area contributed by atoms with Crippen LogP contribution in [0.2, 0.25) is 10.0 Å². The van der Waals surface area contributed by atoms with Crippen molar-refractivity contribution >= 4 is 45.8 Å². The SMILES string of the molecule is CCOc1ccc2ccccc2c1CN1CCC(=O)N[C@@H](Cc2ccc(Cl)c(Cl)c2)C1=O. The number of carbonyl (C=O) groups is 2. The number of carbonyl (C=O) groups excluding carboxylic acids is 2. The maximum atomic E-state index is 13.5. The first-order chi connectivity index (χ1) is 15.5. The first-order valence-corrected chi connectivity index (χ1v) is 11.4. The van der Waals surface area contributed by atoms with Gasteiger partial charge < -0.3 is 15.0 Å². The number of nitrogens with zero attached hydrogens (tertiary/aromatic N) is 1. The largest absolute Gasteiger partial charge is 0.494 e. The van der Waals surface area contributed by atoms with Crippen molar-refractivity contribution in [3.63, 3.8) is 0 Å². The molecule has 0 bridgehead atoms. The first kappa shape index (κ1) is 22.4. The van der Waals surface area contributed by atoms with E-state index in [1.54, 1.807) is 17.0 Å². The Morgan fingerprint density at radius 1 is 1.06 bits per heavy atom. The first-order valence-electron chi connectivity index (χ1n) is 10.6. The molecule has 0 radical (unpaired) electrons. The molecule has 166 valence electrons. The summed E-state index contributed by atoms with van der Waals surface area (Å²) in [5.74, 6) is 0.481. The molecule has 0 aromatic heterocycles. The molecule has 0 aliphatic carbocycles. The standard InChI is InChI=1S/C25H24Cl2N2O3/c1-2-32-23-10-8-17-5-3-4-6-18(17)19(23)15-29-12-11-24(30)28-22(25(29)31)14-16-7-9-20(26)21(27)13-16/h3-10,13,22H,2,11-12,14-15H2,1H3,(H,28,30)/t22-/m0/s1. The van der Waals surface area contributed by atoms with Crippen molar-refractivity contribution in [1.29, 1.82) is 0 Å². The van der Waals surface area contributed by atoms with Gasteiger partial charge >= 0.3 is 0 Å². The average Bonchev–Trinajstić information content (AvgIpc) is 2.91. The number of ether oxygens (including phenoxy) is 1. The maximum Gasteiger partial charge on any atom is 0.245 e. The molecule has 4 rings (SSSR count). The molecule has 32 heavy (non-hydrogen) atoms. The number of amides is 2. The second kappa shape index (κ2) is 9.80. The lowest BCUT2D eigenvalue weighted by Crippen LogP contribution is -2.45. The zero-order chi connectivity index (χ0) is 22.7. The second-order valence-corrected chi connectivity index (χ2v) is 8.59. The van der Waals surface area contributed by atoms with E-state index < -0.39 is 6.04 Å². The third-order valence-corrected chi connectivity index (χ3v) is 6.36. The molecule has 7 heteroatoms. The van der Waals surface area contributed by atoms with Crippen LogP contribution in [0.25, 0.3) is 10.8 Å². The Balaban J connectivity index is 1.64. The number of benzene rings is 3. The van der Waals surface area contributed by atoms with E-state index in [0.717, 1.165) is 27.6 Å². The predicted octanol–water partition coefficient (Wildman–Crippen LogP) is 5.01. The molecule has 1 heterocycles. The minimum Gasteiger partial charge on any atom is -0.494 e. The Morgan fingerprint density at radius 2 is 1.88 bits per heavy atom. The van der Waals surface area contributed by atoms with Crippen LogP contribution in [-0.4, -0.2) is 35.9 Å². The van der Waals surface area contributed by atoms with Gasteiger partial charge in [0, 0.05) is 31.5 Å². The highest BCUT2D eigenvalue weighted by Crippen LogP contribution is 2.30. The lowest BCUT2D eigenvalue weighted by atomic mass is 10.0. The summed E-state index contributed by atoms with van der Waals surface area (Å²) in [5, 5.41) is 5.86. The molecule has 1 aliphatic heterocycles. The summed E-state index contributed by atoms with van der Waals surface area (Å²) < 4.78 is 5.87. The van der Waals surface area contributed by atoms with Crippen LogP contribution in [0.5, 0.6) is 5.75 Å². The Hall–Kier alpha value is -2.76. The highest BCUT2D eigenvalue weighted by atomic mass is 35.5. The normalized spacial score (nSPS) is 16.7. The van der Waals surface area contributed by atoms with Gasteiger partial charge in [-0.2, -0.15) is 0 Å². The van der Waals surface area contributed by atoms with E-state index in [4.69, 9.17) is 27.9 Å². The smallest absolute Gasteiger partial charge is 0.245 e. The summed E-state index contributed by atoms with van der Waals surface area (Å²) in [4.78, 5) is 27.6. The molecule has 1 aliphatic rings. The van der Waals surface area contributed by atoms with Crippen molar-refractivity contribution in [2.45, 2.75) is 32.4 Å². The van der Waals surface area contributed by atoms with Crippen LogP contribution >= 0.6 is 23.2 Å². The van der Waals surface area contributed by atoms with Crippen molar-refractivity contribution < 1.29 is 14.3 Å². The lowest BCUT2D eigenvalue weighted by molar-refractivity contribution is -0.134. The summed E-state index contributed by atoms with van der Waals surface area (Å²) in [7, 11) is 0. The summed E-state index contributed by atoms with van der Waals surface area (Å²) >= 11 is 12.2. The molecular formula is C25H24Cl2N2O3. The minimum atomic E-state index is -0.673. The molecule has 3 aromatic rings. The van der Waals surface area contributed by atoms with Gasteiger partial charge in [0.2, 0.25) is 11.8 Å². The fourth-order valence-electron chi connectivity index (χ4n) is 4.05. The van der Waals surface area contributed by atoms with Gasteiger partial charge in [0.15, 0.2) is 0 Å². The monoisotopic (exact) mass is 470 g/mol. The maximum absolute atomic E-state index is 13.5. The van der Waals surface area contributed by atoms with Crippen molar-refractivity contribution in [3.05, 3.63) is 75.8 Å². The van der Waals surface area contributed by atoms with Gasteiger partial charge in [0.1, 0.15) is 11.8 Å². The van der Waals surface area contributed by atoms with E-state index in [0.29, 0.717) is 36.2 Å². The van der Waals surface area contributed by atoms with Gasteiger partial charge in [-0.05, 0) is 41.5 Å². The quantitative estimate of drug-likeness (QED) is 0.550. The second-order valence-electron chi connectivity index (χ2n) is 7.78. The molecule has 1 fully saturated rings. The van der Waals surface area contributed by atoms with Crippen molar-refractivity contribution in [2.75, 3.05) is 13.2 Å². The summed E-state index contributed by atoms with van der Waals surface area (Å²) in [6.07, 6.45) is 0.587. The highest BCUT2D eigenvalue weighted by molar-refractivity contribution is 6.42. The van der Waals surface area contributed by atoms with Crippen molar-refractivity contribution in [2.24, 2.45) is 0 Å². The molecule has 1 atom stereocenters. The van der Waals surface area contributed by atoms with E-state index in [9.17, 15) is 9.59 Å². The van der Waals surface area contributed by atoms with Crippen LogP contribution in [0.15, 0.2) is 54.6 Å². The number of hydrogen-bond acceptors (Lipinski definition) is 3. The van der Waals surface area contributed by atoms with Gasteiger partial charge in [-0.25, -0.2) is 0 Å². The van der Waals surface area contributed by atoms with Crippen LogP contribution in [-0.2, 0) is 22.6 Å². The van der Waals surface area contributed by atoms with Crippen LogP contribution < -0.4 is 10.1 Å². The third-order valence-electron chi connectivity index (χ3n) is 5.62. The lowest BCUT2D eigenvalue weighted by Gasteiger charge is -2.26. The number of fused-ring (bicyclic) bond motifs is 1. The Bertz CT molecular complexity index is 1170. The van der Waals surface area contributed by atoms with Crippen molar-refractivity contribution in [3.8, 4) is 5.75 Å². The topological polar surface area (TPSA) is 58.6 Å². The molecule has 0 spiro atoms. The van der Waals surface area contributed by atoms with E-state index in [-0.39, 0.29) is 18.2 Å². The van der Waals surface area contributed by atoms with Gasteiger partial charge in [-0.15, -0.1) is 0 Å². The molecule has 1 saturated heterocycles. The molecule has 3 aromatic carbocycles. The van der Waals surface area contributed by atoms with Gasteiger partial charge in [-0.3, -0.25) is 9.59 Å². The number of rotatable bonds is 6. The minimum absolute atomic E-state index is 0.127. The molecule has 1 N–H and O–H groups in total. The van der Waals surface area contributed by atoms with E-state index in [2.05, 4.69) is 5.32 Å². The number of nitrogens with one attached hydrogen (secondary N) is 1. The van der Waals surface area contributed by atoms with E-state index in [1.807, 2.05) is 49.4 Å². The van der Waals surface area contributed by atoms with E-state index in [1.165, 1.54) is 0 Å². The van der Waals surface area contributed by atoms with Gasteiger partial charge in [0.25, 0.3) is 0 Å². The Labute approximate surface area is 197 Å². The zero-order valence-electron chi connectivity index (χ0n) is 17.7. The van der Waals surface area contributed by atoms with Crippen LogP contribution in [0.4, 0.5) is 0 Å². The number of hydrogen-bond donors (Lipinski definition) is 1. The third kappa shape index (κ3) is 4.84. The van der Waals surface area contributed by atoms with Gasteiger partial charge in [0.05, 0.1) is 16.7 Å². The van der Waals surface area contributed by atoms with Gasteiger partial charge in [-0.1, -0.05) is 59.6 Å². The van der Waals surface area contributed by atoms with E-state index >= 15 is 0 Å². The molecule has 2 amide bonds. The molecule has 0 saturated carbocycles. The fraction of sp³-hybridized carbons (Fsp3) is 0.280. The molecule has 0 unspecified atom stereocenters. The number of halogens is 2. The summed E-state index contributed by atoms with van der Waals surface area (Å²) in [6, 6.07) is 16.6. The van der Waals surface area contributed by atoms with Crippen LogP contribution in [0.1, 0.15) is 24.5 Å². The average molecular weight is 471 g/mol. The highest BCUT2D eigenvalue weighted by Gasteiger charge is 2.31. The molecule has 5 nitrogen and oxygen atoms in total. The Morgan fingerprint density at radius 3 is 2.66 bits per heavy atom.